The maximum Gasteiger partial charge on any atom is 0.471 e. The Labute approximate surface area is 189 Å². The molecule has 0 bridgehead atoms. The van der Waals surface area contributed by atoms with Crippen LogP contribution in [0.15, 0.2) is 54.7 Å². The van der Waals surface area contributed by atoms with Crippen molar-refractivity contribution in [3.8, 4) is 0 Å². The third-order valence-corrected chi connectivity index (χ3v) is 5.27. The van der Waals surface area contributed by atoms with Gasteiger partial charge < -0.3 is 16.0 Å². The monoisotopic (exact) mass is 472 g/mol. The van der Waals surface area contributed by atoms with Crippen LogP contribution in [0.3, 0.4) is 0 Å². The first-order valence-corrected chi connectivity index (χ1v) is 10.2. The number of aryl methyl sites for hydroxylation is 1. The number of alkyl halides is 3. The summed E-state index contributed by atoms with van der Waals surface area (Å²) in [6.45, 7) is 1.66. The number of para-hydroxylation sites is 2. The van der Waals surface area contributed by atoms with E-state index in [4.69, 9.17) is 0 Å². The number of benzene rings is 2. The fraction of sp³-hybridized carbons (Fsp3) is 0.0952. The number of fused-ring (bicyclic) bond motifs is 1. The predicted octanol–water partition coefficient (Wildman–Crippen LogP) is 4.89. The second-order valence-corrected chi connectivity index (χ2v) is 7.60. The summed E-state index contributed by atoms with van der Waals surface area (Å²) in [5, 5.41) is 7.83. The lowest BCUT2D eigenvalue weighted by atomic mass is 10.2. The van der Waals surface area contributed by atoms with Crippen molar-refractivity contribution >= 4 is 56.6 Å². The fourth-order valence-corrected chi connectivity index (χ4v) is 3.73. The van der Waals surface area contributed by atoms with E-state index >= 15 is 0 Å². The first-order valence-electron chi connectivity index (χ1n) is 9.45. The molecule has 33 heavy (non-hydrogen) atoms. The molecule has 0 spiro atoms. The molecule has 4 rings (SSSR count). The van der Waals surface area contributed by atoms with E-state index in [1.165, 1.54) is 30.5 Å². The fourth-order valence-electron chi connectivity index (χ4n) is 2.93. The number of hydrogen-bond donors (Lipinski definition) is 3. The molecular weight excluding hydrogens is 457 g/mol. The van der Waals surface area contributed by atoms with Gasteiger partial charge in [0.15, 0.2) is 0 Å². The van der Waals surface area contributed by atoms with E-state index < -0.39 is 18.0 Å². The molecule has 0 unspecified atom stereocenters. The van der Waals surface area contributed by atoms with E-state index in [0.717, 1.165) is 17.0 Å². The van der Waals surface area contributed by atoms with E-state index in [1.807, 2.05) is 24.3 Å². The first-order chi connectivity index (χ1) is 15.7. The Morgan fingerprint density at radius 1 is 0.970 bits per heavy atom. The third-order valence-electron chi connectivity index (χ3n) is 4.42. The Kier molecular flexibility index (Phi) is 5.92. The van der Waals surface area contributed by atoms with Crippen molar-refractivity contribution in [3.05, 3.63) is 66.0 Å². The van der Waals surface area contributed by atoms with Gasteiger partial charge in [-0.25, -0.2) is 4.98 Å². The summed E-state index contributed by atoms with van der Waals surface area (Å²) in [7, 11) is 0. The molecule has 168 valence electrons. The summed E-state index contributed by atoms with van der Waals surface area (Å²) < 4.78 is 41.7. The molecule has 0 radical (unpaired) electrons. The maximum atomic E-state index is 12.9. The van der Waals surface area contributed by atoms with E-state index in [1.54, 1.807) is 12.2 Å². The number of aromatic nitrogens is 3. The largest absolute Gasteiger partial charge is 0.471 e. The highest BCUT2D eigenvalue weighted by atomic mass is 32.1. The molecule has 0 saturated heterocycles. The number of carbonyl (C=O) groups excluding carboxylic acids is 2. The zero-order valence-corrected chi connectivity index (χ0v) is 17.7. The molecule has 8 nitrogen and oxygen atoms in total. The Morgan fingerprint density at radius 3 is 2.39 bits per heavy atom. The molecule has 4 aromatic rings. The van der Waals surface area contributed by atoms with Crippen LogP contribution in [-0.2, 0) is 4.79 Å². The number of anilines is 4. The van der Waals surface area contributed by atoms with Gasteiger partial charge in [-0.3, -0.25) is 14.6 Å². The Balaban J connectivity index is 1.53. The molecule has 0 aliphatic rings. The van der Waals surface area contributed by atoms with Gasteiger partial charge in [-0.1, -0.05) is 18.2 Å². The van der Waals surface area contributed by atoms with Crippen molar-refractivity contribution in [2.45, 2.75) is 13.1 Å². The average Bonchev–Trinajstić information content (AvgIpc) is 3.13. The number of rotatable bonds is 5. The Bertz CT molecular complexity index is 1360. The standard InChI is InChI=1S/C21H15F3N6O2S/c1-11-17(18(31)26-12-5-4-6-13(9-12)27-20(32)21(22,23)24)19(33-30-11)29-16-10-25-14-7-2-3-8-15(14)28-16/h2-10H,1H3,(H,26,31)(H,27,32)(H,28,29). The summed E-state index contributed by atoms with van der Waals surface area (Å²) in [5.74, 6) is -2.22. The van der Waals surface area contributed by atoms with Crippen LogP contribution in [0.1, 0.15) is 16.1 Å². The van der Waals surface area contributed by atoms with E-state index in [9.17, 15) is 22.8 Å². The molecule has 2 amide bonds. The SMILES string of the molecule is Cc1nsc(Nc2cnc3ccccc3n2)c1C(=O)Nc1cccc(NC(=O)C(F)(F)F)c1. The minimum Gasteiger partial charge on any atom is -0.329 e. The van der Waals surface area contributed by atoms with Gasteiger partial charge in [-0.15, -0.1) is 0 Å². The number of carbonyl (C=O) groups is 2. The van der Waals surface area contributed by atoms with Crippen LogP contribution in [0.4, 0.5) is 35.4 Å². The molecule has 0 fully saturated rings. The number of halogens is 3. The summed E-state index contributed by atoms with van der Waals surface area (Å²) in [6, 6.07) is 12.7. The van der Waals surface area contributed by atoms with Gasteiger partial charge in [0.25, 0.3) is 5.91 Å². The molecule has 0 aliphatic carbocycles. The molecular formula is C21H15F3N6O2S. The first kappa shape index (κ1) is 22.1. The lowest BCUT2D eigenvalue weighted by Crippen LogP contribution is -2.29. The Hall–Kier alpha value is -4.06. The van der Waals surface area contributed by atoms with Crippen molar-refractivity contribution < 1.29 is 22.8 Å². The van der Waals surface area contributed by atoms with Gasteiger partial charge in [0.2, 0.25) is 0 Å². The van der Waals surface area contributed by atoms with Crippen molar-refractivity contribution in [1.29, 1.82) is 0 Å². The summed E-state index contributed by atoms with van der Waals surface area (Å²) >= 11 is 1.06. The zero-order chi connectivity index (χ0) is 23.6. The highest BCUT2D eigenvalue weighted by Crippen LogP contribution is 2.29. The lowest BCUT2D eigenvalue weighted by molar-refractivity contribution is -0.167. The smallest absolute Gasteiger partial charge is 0.329 e. The minimum atomic E-state index is -5.02. The van der Waals surface area contributed by atoms with Crippen molar-refractivity contribution in [1.82, 2.24) is 14.3 Å². The van der Waals surface area contributed by atoms with Crippen molar-refractivity contribution in [2.75, 3.05) is 16.0 Å². The molecule has 0 atom stereocenters. The second kappa shape index (κ2) is 8.82. The van der Waals surface area contributed by atoms with Gasteiger partial charge in [0.1, 0.15) is 10.8 Å². The van der Waals surface area contributed by atoms with Gasteiger partial charge in [0, 0.05) is 11.4 Å². The van der Waals surface area contributed by atoms with E-state index in [0.29, 0.717) is 22.0 Å². The van der Waals surface area contributed by atoms with Crippen LogP contribution in [0.2, 0.25) is 0 Å². The van der Waals surface area contributed by atoms with Crippen LogP contribution < -0.4 is 16.0 Å². The third kappa shape index (κ3) is 5.06. The molecule has 12 heteroatoms. The van der Waals surface area contributed by atoms with Gasteiger partial charge in [-0.2, -0.15) is 17.5 Å². The number of amides is 2. The number of hydrogen-bond acceptors (Lipinski definition) is 7. The van der Waals surface area contributed by atoms with Crippen LogP contribution >= 0.6 is 11.5 Å². The molecule has 2 heterocycles. The summed E-state index contributed by atoms with van der Waals surface area (Å²) in [6.07, 6.45) is -3.49. The highest BCUT2D eigenvalue weighted by Gasteiger charge is 2.38. The van der Waals surface area contributed by atoms with Gasteiger partial charge in [0.05, 0.1) is 28.5 Å². The Morgan fingerprint density at radius 2 is 1.67 bits per heavy atom. The van der Waals surface area contributed by atoms with Crippen molar-refractivity contribution in [3.63, 3.8) is 0 Å². The topological polar surface area (TPSA) is 109 Å². The normalized spacial score (nSPS) is 11.3. The molecule has 2 aromatic heterocycles. The van der Waals surface area contributed by atoms with Crippen LogP contribution in [-0.4, -0.2) is 32.3 Å². The zero-order valence-electron chi connectivity index (χ0n) is 16.9. The number of nitrogens with one attached hydrogen (secondary N) is 3. The van der Waals surface area contributed by atoms with Crippen LogP contribution in [0, 0.1) is 6.92 Å². The van der Waals surface area contributed by atoms with Gasteiger partial charge in [-0.05, 0) is 48.8 Å². The minimum absolute atomic E-state index is 0.111. The molecule has 2 aromatic carbocycles. The molecule has 3 N–H and O–H groups in total. The van der Waals surface area contributed by atoms with Crippen molar-refractivity contribution in [2.24, 2.45) is 0 Å². The highest BCUT2D eigenvalue weighted by molar-refractivity contribution is 7.10. The average molecular weight is 472 g/mol. The maximum absolute atomic E-state index is 12.9. The van der Waals surface area contributed by atoms with Gasteiger partial charge >= 0.3 is 12.1 Å². The second-order valence-electron chi connectivity index (χ2n) is 6.83. The predicted molar refractivity (Wildman–Crippen MR) is 119 cm³/mol. The van der Waals surface area contributed by atoms with E-state index in [2.05, 4.69) is 25.0 Å². The van der Waals surface area contributed by atoms with Crippen LogP contribution in [0.25, 0.3) is 11.0 Å². The molecule has 0 aliphatic heterocycles. The number of nitrogens with zero attached hydrogens (tertiary/aromatic N) is 3. The quantitative estimate of drug-likeness (QED) is 0.382. The summed E-state index contributed by atoms with van der Waals surface area (Å²) in [5.41, 5.74) is 2.18. The van der Waals surface area contributed by atoms with Crippen LogP contribution in [0.5, 0.6) is 0 Å². The van der Waals surface area contributed by atoms with E-state index in [-0.39, 0.29) is 16.9 Å². The molecule has 0 saturated carbocycles. The summed E-state index contributed by atoms with van der Waals surface area (Å²) in [4.78, 5) is 32.9. The lowest BCUT2D eigenvalue weighted by Gasteiger charge is -2.11.